The fraction of sp³-hybridized carbons (Fsp3) is 0.833. The number of carbonyl (C=O) groups excluding carboxylic acids is 1. The molecule has 0 aromatic heterocycles. The molecule has 1 aliphatic heterocycles. The standard InChI is InChI=1S/C12H22N2O4/c1-12(2,3)9(6-10(16)17)13-11(18)14-5-4-8(15)7-14/h8-9,15H,4-7H2,1-3H3,(H,13,18)(H,16,17). The van der Waals surface area contributed by atoms with Crippen LogP contribution in [-0.2, 0) is 4.79 Å². The Kier molecular flexibility index (Phi) is 4.56. The van der Waals surface area contributed by atoms with Crippen molar-refractivity contribution < 1.29 is 19.8 Å². The maximum atomic E-state index is 11.9. The molecular weight excluding hydrogens is 236 g/mol. The maximum Gasteiger partial charge on any atom is 0.317 e. The number of aliphatic carboxylic acids is 1. The number of aliphatic hydroxyl groups is 1. The van der Waals surface area contributed by atoms with Crippen LogP contribution in [0.4, 0.5) is 4.79 Å². The summed E-state index contributed by atoms with van der Waals surface area (Å²) in [7, 11) is 0. The molecule has 6 heteroatoms. The Bertz CT molecular complexity index is 325. The van der Waals surface area contributed by atoms with E-state index in [9.17, 15) is 14.7 Å². The molecule has 18 heavy (non-hydrogen) atoms. The first-order valence-electron chi connectivity index (χ1n) is 6.15. The van der Waals surface area contributed by atoms with E-state index >= 15 is 0 Å². The summed E-state index contributed by atoms with van der Waals surface area (Å²) in [5.41, 5.74) is -0.327. The first-order chi connectivity index (χ1) is 8.20. The first kappa shape index (κ1) is 14.8. The summed E-state index contributed by atoms with van der Waals surface area (Å²) >= 11 is 0. The smallest absolute Gasteiger partial charge is 0.317 e. The molecule has 1 aliphatic rings. The summed E-state index contributed by atoms with van der Waals surface area (Å²) in [6.45, 7) is 6.49. The van der Waals surface area contributed by atoms with Crippen LogP contribution in [0.3, 0.4) is 0 Å². The van der Waals surface area contributed by atoms with Gasteiger partial charge in [0.1, 0.15) is 0 Å². The summed E-state index contributed by atoms with van der Waals surface area (Å²) in [4.78, 5) is 24.3. The minimum absolute atomic E-state index is 0.106. The van der Waals surface area contributed by atoms with E-state index in [0.717, 1.165) is 0 Å². The van der Waals surface area contributed by atoms with Gasteiger partial charge < -0.3 is 20.4 Å². The number of hydrogen-bond acceptors (Lipinski definition) is 3. The Morgan fingerprint density at radius 1 is 1.44 bits per heavy atom. The number of nitrogens with zero attached hydrogens (tertiary/aromatic N) is 1. The molecule has 2 unspecified atom stereocenters. The molecule has 0 aromatic carbocycles. The van der Waals surface area contributed by atoms with E-state index in [1.54, 1.807) is 0 Å². The second kappa shape index (κ2) is 5.56. The van der Waals surface area contributed by atoms with Crippen LogP contribution in [0.5, 0.6) is 0 Å². The van der Waals surface area contributed by atoms with Gasteiger partial charge in [0.2, 0.25) is 0 Å². The Hall–Kier alpha value is -1.30. The number of β-amino-alcohol motifs (C(OH)–C–C–N with tert-alkyl or cyclic N) is 1. The fourth-order valence-corrected chi connectivity index (χ4v) is 1.91. The van der Waals surface area contributed by atoms with Gasteiger partial charge in [0, 0.05) is 19.1 Å². The second-order valence-electron chi connectivity index (χ2n) is 5.85. The fourth-order valence-electron chi connectivity index (χ4n) is 1.91. The number of hydrogen-bond donors (Lipinski definition) is 3. The number of carboxylic acid groups (broad SMARTS) is 1. The monoisotopic (exact) mass is 258 g/mol. The van der Waals surface area contributed by atoms with Crippen LogP contribution in [0.2, 0.25) is 0 Å². The lowest BCUT2D eigenvalue weighted by Gasteiger charge is -2.32. The normalized spacial score (nSPS) is 21.8. The van der Waals surface area contributed by atoms with Crippen molar-refractivity contribution in [3.63, 3.8) is 0 Å². The summed E-state index contributed by atoms with van der Waals surface area (Å²) < 4.78 is 0. The number of urea groups is 1. The largest absolute Gasteiger partial charge is 0.481 e. The lowest BCUT2D eigenvalue weighted by molar-refractivity contribution is -0.138. The van der Waals surface area contributed by atoms with E-state index in [4.69, 9.17) is 5.11 Å². The third-order valence-electron chi connectivity index (χ3n) is 3.17. The predicted octanol–water partition coefficient (Wildman–Crippen LogP) is 0.652. The summed E-state index contributed by atoms with van der Waals surface area (Å²) in [6, 6.07) is -0.729. The van der Waals surface area contributed by atoms with Gasteiger partial charge in [-0.15, -0.1) is 0 Å². The van der Waals surface area contributed by atoms with Gasteiger partial charge in [0.05, 0.1) is 12.5 Å². The second-order valence-corrected chi connectivity index (χ2v) is 5.85. The van der Waals surface area contributed by atoms with E-state index in [0.29, 0.717) is 19.5 Å². The van der Waals surface area contributed by atoms with Gasteiger partial charge >= 0.3 is 12.0 Å². The number of amides is 2. The van der Waals surface area contributed by atoms with Crippen molar-refractivity contribution in [1.29, 1.82) is 0 Å². The topological polar surface area (TPSA) is 89.9 Å². The quantitative estimate of drug-likeness (QED) is 0.693. The summed E-state index contributed by atoms with van der Waals surface area (Å²) in [5, 5.41) is 21.0. The van der Waals surface area contributed by atoms with Crippen molar-refractivity contribution in [2.75, 3.05) is 13.1 Å². The van der Waals surface area contributed by atoms with Gasteiger partial charge in [-0.3, -0.25) is 4.79 Å². The lowest BCUT2D eigenvalue weighted by atomic mass is 9.85. The number of aliphatic hydroxyl groups excluding tert-OH is 1. The minimum Gasteiger partial charge on any atom is -0.481 e. The summed E-state index contributed by atoms with van der Waals surface area (Å²) in [6.07, 6.45) is 0.00125. The molecule has 0 aromatic rings. The number of carboxylic acids is 1. The van der Waals surface area contributed by atoms with Crippen LogP contribution in [0.15, 0.2) is 0 Å². The van der Waals surface area contributed by atoms with Crippen molar-refractivity contribution in [3.8, 4) is 0 Å². The van der Waals surface area contributed by atoms with Crippen molar-refractivity contribution in [1.82, 2.24) is 10.2 Å². The third-order valence-corrected chi connectivity index (χ3v) is 3.17. The Morgan fingerprint density at radius 2 is 2.06 bits per heavy atom. The van der Waals surface area contributed by atoms with Gasteiger partial charge in [-0.25, -0.2) is 4.79 Å². The van der Waals surface area contributed by atoms with Crippen molar-refractivity contribution in [2.24, 2.45) is 5.41 Å². The van der Waals surface area contributed by atoms with Crippen LogP contribution >= 0.6 is 0 Å². The van der Waals surface area contributed by atoms with E-state index in [1.807, 2.05) is 20.8 Å². The molecule has 1 saturated heterocycles. The average molecular weight is 258 g/mol. The number of rotatable bonds is 3. The molecule has 0 bridgehead atoms. The molecule has 0 radical (unpaired) electrons. The molecule has 0 spiro atoms. The predicted molar refractivity (Wildman–Crippen MR) is 66.2 cm³/mol. The van der Waals surface area contributed by atoms with Gasteiger partial charge in [-0.2, -0.15) is 0 Å². The molecule has 0 saturated carbocycles. The lowest BCUT2D eigenvalue weighted by Crippen LogP contribution is -2.50. The molecule has 104 valence electrons. The van der Waals surface area contributed by atoms with Crippen LogP contribution in [0, 0.1) is 5.41 Å². The van der Waals surface area contributed by atoms with Gasteiger partial charge in [-0.05, 0) is 11.8 Å². The minimum atomic E-state index is -0.934. The Morgan fingerprint density at radius 3 is 2.44 bits per heavy atom. The zero-order valence-corrected chi connectivity index (χ0v) is 11.1. The van der Waals surface area contributed by atoms with Crippen LogP contribution < -0.4 is 5.32 Å². The molecule has 3 N–H and O–H groups in total. The molecule has 1 fully saturated rings. The van der Waals surface area contributed by atoms with E-state index in [-0.39, 0.29) is 17.9 Å². The third kappa shape index (κ3) is 4.18. The van der Waals surface area contributed by atoms with Gasteiger partial charge in [-0.1, -0.05) is 20.8 Å². The van der Waals surface area contributed by atoms with Gasteiger partial charge in [0.25, 0.3) is 0 Å². The van der Waals surface area contributed by atoms with Gasteiger partial charge in [0.15, 0.2) is 0 Å². The molecular formula is C12H22N2O4. The molecule has 2 amide bonds. The van der Waals surface area contributed by atoms with E-state index in [1.165, 1.54) is 4.90 Å². The number of likely N-dealkylation sites (tertiary alicyclic amines) is 1. The number of carbonyl (C=O) groups is 2. The van der Waals surface area contributed by atoms with Crippen molar-refractivity contribution >= 4 is 12.0 Å². The number of nitrogens with one attached hydrogen (secondary N) is 1. The van der Waals surface area contributed by atoms with E-state index in [2.05, 4.69) is 5.32 Å². The SMILES string of the molecule is CC(C)(C)C(CC(=O)O)NC(=O)N1CCC(O)C1. The molecule has 1 heterocycles. The molecule has 0 aliphatic carbocycles. The zero-order chi connectivity index (χ0) is 13.9. The van der Waals surface area contributed by atoms with Crippen molar-refractivity contribution in [2.45, 2.75) is 45.8 Å². The van der Waals surface area contributed by atoms with E-state index < -0.39 is 18.1 Å². The highest BCUT2D eigenvalue weighted by Crippen LogP contribution is 2.22. The molecule has 6 nitrogen and oxygen atoms in total. The van der Waals surface area contributed by atoms with Crippen LogP contribution in [0.25, 0.3) is 0 Å². The summed E-state index contributed by atoms with van der Waals surface area (Å²) in [5.74, 6) is -0.934. The maximum absolute atomic E-state index is 11.9. The zero-order valence-electron chi connectivity index (χ0n) is 11.1. The Labute approximate surface area is 107 Å². The first-order valence-corrected chi connectivity index (χ1v) is 6.15. The highest BCUT2D eigenvalue weighted by atomic mass is 16.4. The van der Waals surface area contributed by atoms with Crippen molar-refractivity contribution in [3.05, 3.63) is 0 Å². The average Bonchev–Trinajstić information content (AvgIpc) is 2.61. The molecule has 1 rings (SSSR count). The molecule has 2 atom stereocenters. The highest BCUT2D eigenvalue weighted by molar-refractivity contribution is 5.76. The van der Waals surface area contributed by atoms with Crippen LogP contribution in [-0.4, -0.2) is 52.3 Å². The Balaban J connectivity index is 2.60. The highest BCUT2D eigenvalue weighted by Gasteiger charge is 2.31. The van der Waals surface area contributed by atoms with Crippen LogP contribution in [0.1, 0.15) is 33.6 Å².